The lowest BCUT2D eigenvalue weighted by atomic mass is 9.73. The molecular formula is C15H26N2O4. The van der Waals surface area contributed by atoms with Crippen molar-refractivity contribution in [1.29, 1.82) is 0 Å². The molecule has 21 heavy (non-hydrogen) atoms. The fraction of sp³-hybridized carbons (Fsp3) is 0.800. The van der Waals surface area contributed by atoms with E-state index < -0.39 is 22.8 Å². The Labute approximate surface area is 125 Å². The molecule has 120 valence electrons. The standard InChI is InChI=1S/C15H26N2O4/c1-10-7-5-6-8-15(10,13(20)21)17-11(18)9-16-12(19)14(2,3)4/h10H,5-9H2,1-4H3,(H,16,19)(H,17,18)(H,20,21). The Morgan fingerprint density at radius 2 is 1.86 bits per heavy atom. The van der Waals surface area contributed by atoms with Crippen LogP contribution >= 0.6 is 0 Å². The molecule has 3 N–H and O–H groups in total. The van der Waals surface area contributed by atoms with Gasteiger partial charge >= 0.3 is 5.97 Å². The van der Waals surface area contributed by atoms with Crippen LogP contribution in [-0.2, 0) is 14.4 Å². The topological polar surface area (TPSA) is 95.5 Å². The summed E-state index contributed by atoms with van der Waals surface area (Å²) < 4.78 is 0. The lowest BCUT2D eigenvalue weighted by Crippen LogP contribution is -2.61. The predicted molar refractivity (Wildman–Crippen MR) is 78.6 cm³/mol. The molecule has 1 fully saturated rings. The van der Waals surface area contributed by atoms with Crippen LogP contribution in [0.2, 0.25) is 0 Å². The third kappa shape index (κ3) is 4.19. The van der Waals surface area contributed by atoms with Crippen LogP contribution in [0.25, 0.3) is 0 Å². The molecule has 1 saturated carbocycles. The normalized spacial score (nSPS) is 26.0. The molecule has 2 atom stereocenters. The molecule has 0 aromatic carbocycles. The first-order chi connectivity index (χ1) is 9.59. The third-order valence-corrected chi connectivity index (χ3v) is 4.13. The van der Waals surface area contributed by atoms with Gasteiger partial charge in [-0.25, -0.2) is 4.79 Å². The highest BCUT2D eigenvalue weighted by atomic mass is 16.4. The second kappa shape index (κ2) is 6.45. The predicted octanol–water partition coefficient (Wildman–Crippen LogP) is 1.30. The van der Waals surface area contributed by atoms with Gasteiger partial charge in [0.2, 0.25) is 11.8 Å². The molecule has 0 aromatic rings. The van der Waals surface area contributed by atoms with E-state index in [4.69, 9.17) is 0 Å². The highest BCUT2D eigenvalue weighted by Crippen LogP contribution is 2.33. The first kappa shape index (κ1) is 17.5. The Kier molecular flexibility index (Phi) is 5.36. The highest BCUT2D eigenvalue weighted by molar-refractivity contribution is 5.91. The van der Waals surface area contributed by atoms with E-state index in [1.165, 1.54) is 0 Å². The number of aliphatic carboxylic acids is 1. The zero-order chi connectivity index (χ0) is 16.3. The molecule has 0 saturated heterocycles. The quantitative estimate of drug-likeness (QED) is 0.729. The summed E-state index contributed by atoms with van der Waals surface area (Å²) in [6.07, 6.45) is 2.97. The maximum atomic E-state index is 12.0. The molecule has 6 nitrogen and oxygen atoms in total. The van der Waals surface area contributed by atoms with Gasteiger partial charge in [0.05, 0.1) is 6.54 Å². The van der Waals surface area contributed by atoms with Gasteiger partial charge in [-0.05, 0) is 18.8 Å². The van der Waals surface area contributed by atoms with Crippen LogP contribution < -0.4 is 10.6 Å². The van der Waals surface area contributed by atoms with Crippen molar-refractivity contribution in [3.63, 3.8) is 0 Å². The molecule has 1 aliphatic rings. The van der Waals surface area contributed by atoms with Crippen molar-refractivity contribution >= 4 is 17.8 Å². The summed E-state index contributed by atoms with van der Waals surface area (Å²) in [5.74, 6) is -1.81. The fourth-order valence-corrected chi connectivity index (χ4v) is 2.62. The van der Waals surface area contributed by atoms with Gasteiger partial charge in [-0.2, -0.15) is 0 Å². The summed E-state index contributed by atoms with van der Waals surface area (Å²) in [6, 6.07) is 0. The minimum Gasteiger partial charge on any atom is -0.479 e. The Balaban J connectivity index is 2.66. The van der Waals surface area contributed by atoms with E-state index in [1.807, 2.05) is 6.92 Å². The van der Waals surface area contributed by atoms with Crippen molar-refractivity contribution in [1.82, 2.24) is 10.6 Å². The number of nitrogens with one attached hydrogen (secondary N) is 2. The van der Waals surface area contributed by atoms with Crippen molar-refractivity contribution in [3.8, 4) is 0 Å². The first-order valence-electron chi connectivity index (χ1n) is 7.42. The number of rotatable bonds is 4. The van der Waals surface area contributed by atoms with Gasteiger partial charge in [-0.3, -0.25) is 9.59 Å². The summed E-state index contributed by atoms with van der Waals surface area (Å²) >= 11 is 0. The Bertz CT molecular complexity index is 428. The van der Waals surface area contributed by atoms with Crippen molar-refractivity contribution in [2.45, 2.75) is 58.9 Å². The molecular weight excluding hydrogens is 272 g/mol. The van der Waals surface area contributed by atoms with Crippen molar-refractivity contribution in [2.75, 3.05) is 6.54 Å². The van der Waals surface area contributed by atoms with Gasteiger partial charge < -0.3 is 15.7 Å². The zero-order valence-corrected chi connectivity index (χ0v) is 13.3. The third-order valence-electron chi connectivity index (χ3n) is 4.13. The van der Waals surface area contributed by atoms with Crippen LogP contribution in [0.3, 0.4) is 0 Å². The highest BCUT2D eigenvalue weighted by Gasteiger charge is 2.46. The number of carboxylic acids is 1. The molecule has 0 radical (unpaired) electrons. The van der Waals surface area contributed by atoms with E-state index in [0.29, 0.717) is 6.42 Å². The zero-order valence-electron chi connectivity index (χ0n) is 13.3. The van der Waals surface area contributed by atoms with Crippen LogP contribution in [0.5, 0.6) is 0 Å². The number of carbonyl (C=O) groups is 3. The molecule has 2 unspecified atom stereocenters. The van der Waals surface area contributed by atoms with Gasteiger partial charge in [0.1, 0.15) is 5.54 Å². The fourth-order valence-electron chi connectivity index (χ4n) is 2.62. The smallest absolute Gasteiger partial charge is 0.329 e. The summed E-state index contributed by atoms with van der Waals surface area (Å²) in [4.78, 5) is 35.4. The molecule has 0 aromatic heterocycles. The summed E-state index contributed by atoms with van der Waals surface area (Å²) in [7, 11) is 0. The Hall–Kier alpha value is -1.59. The molecule has 0 bridgehead atoms. The molecule has 0 heterocycles. The van der Waals surface area contributed by atoms with Gasteiger partial charge in [0.25, 0.3) is 0 Å². The van der Waals surface area contributed by atoms with E-state index in [1.54, 1.807) is 20.8 Å². The van der Waals surface area contributed by atoms with Gasteiger partial charge in [0, 0.05) is 5.41 Å². The van der Waals surface area contributed by atoms with Crippen molar-refractivity contribution in [2.24, 2.45) is 11.3 Å². The molecule has 0 aliphatic heterocycles. The average molecular weight is 298 g/mol. The lowest BCUT2D eigenvalue weighted by molar-refractivity contribution is -0.151. The van der Waals surface area contributed by atoms with Crippen LogP contribution in [0.15, 0.2) is 0 Å². The summed E-state index contributed by atoms with van der Waals surface area (Å²) in [5, 5.41) is 14.7. The maximum absolute atomic E-state index is 12.0. The number of carbonyl (C=O) groups excluding carboxylic acids is 2. The second-order valence-electron chi connectivity index (χ2n) is 6.90. The van der Waals surface area contributed by atoms with Crippen molar-refractivity contribution in [3.05, 3.63) is 0 Å². The molecule has 6 heteroatoms. The van der Waals surface area contributed by atoms with Gasteiger partial charge in [0.15, 0.2) is 0 Å². The molecule has 0 spiro atoms. The lowest BCUT2D eigenvalue weighted by Gasteiger charge is -2.39. The van der Waals surface area contributed by atoms with E-state index in [0.717, 1.165) is 19.3 Å². The van der Waals surface area contributed by atoms with Crippen LogP contribution in [0.1, 0.15) is 53.4 Å². The van der Waals surface area contributed by atoms with Crippen LogP contribution in [0.4, 0.5) is 0 Å². The van der Waals surface area contributed by atoms with Gasteiger partial charge in [-0.15, -0.1) is 0 Å². The first-order valence-corrected chi connectivity index (χ1v) is 7.42. The van der Waals surface area contributed by atoms with Crippen LogP contribution in [-0.4, -0.2) is 35.0 Å². The number of carboxylic acid groups (broad SMARTS) is 1. The van der Waals surface area contributed by atoms with E-state index in [-0.39, 0.29) is 18.4 Å². The van der Waals surface area contributed by atoms with E-state index in [2.05, 4.69) is 10.6 Å². The van der Waals surface area contributed by atoms with E-state index >= 15 is 0 Å². The van der Waals surface area contributed by atoms with Crippen LogP contribution in [0, 0.1) is 11.3 Å². The summed E-state index contributed by atoms with van der Waals surface area (Å²) in [5.41, 5.74) is -1.79. The largest absolute Gasteiger partial charge is 0.479 e. The van der Waals surface area contributed by atoms with Crippen molar-refractivity contribution < 1.29 is 19.5 Å². The second-order valence-corrected chi connectivity index (χ2v) is 6.90. The maximum Gasteiger partial charge on any atom is 0.329 e. The molecule has 1 rings (SSSR count). The number of hydrogen-bond donors (Lipinski definition) is 3. The van der Waals surface area contributed by atoms with E-state index in [9.17, 15) is 19.5 Å². The Morgan fingerprint density at radius 3 is 2.33 bits per heavy atom. The molecule has 2 amide bonds. The monoisotopic (exact) mass is 298 g/mol. The Morgan fingerprint density at radius 1 is 1.24 bits per heavy atom. The molecule has 1 aliphatic carbocycles. The SMILES string of the molecule is CC1CCCCC1(NC(=O)CNC(=O)C(C)(C)C)C(=O)O. The number of hydrogen-bond acceptors (Lipinski definition) is 3. The minimum atomic E-state index is -1.21. The number of amides is 2. The van der Waals surface area contributed by atoms with Gasteiger partial charge in [-0.1, -0.05) is 40.5 Å². The summed E-state index contributed by atoms with van der Waals surface area (Å²) in [6.45, 7) is 6.91. The minimum absolute atomic E-state index is 0.119. The average Bonchev–Trinajstić information content (AvgIpc) is 2.37.